The fourth-order valence-corrected chi connectivity index (χ4v) is 1.40. The number of hydrogen-bond acceptors (Lipinski definition) is 3. The van der Waals surface area contributed by atoms with Gasteiger partial charge < -0.3 is 10.1 Å². The molecule has 1 aromatic carbocycles. The van der Waals surface area contributed by atoms with Crippen LogP contribution in [0.25, 0.3) is 0 Å². The van der Waals surface area contributed by atoms with Crippen molar-refractivity contribution >= 4 is 12.2 Å². The number of amides is 1. The van der Waals surface area contributed by atoms with Crippen LogP contribution in [0, 0.1) is 0 Å². The largest absolute Gasteiger partial charge is 0.493 e. The van der Waals surface area contributed by atoms with Crippen molar-refractivity contribution in [1.82, 2.24) is 5.32 Å². The van der Waals surface area contributed by atoms with Crippen LogP contribution in [0.3, 0.4) is 0 Å². The molecule has 0 spiro atoms. The number of unbranched alkanes of at least 4 members (excludes halogenated alkanes) is 1. The Morgan fingerprint density at radius 3 is 2.83 bits per heavy atom. The summed E-state index contributed by atoms with van der Waals surface area (Å²) < 4.78 is 5.50. The molecule has 0 atom stereocenters. The smallest absolute Gasteiger partial charge is 0.243 e. The first kappa shape index (κ1) is 14.0. The molecule has 0 aliphatic heterocycles. The lowest BCUT2D eigenvalue weighted by molar-refractivity contribution is -0.116. The first-order valence-electron chi connectivity index (χ1n) is 5.85. The summed E-state index contributed by atoms with van der Waals surface area (Å²) in [6.07, 6.45) is 3.66. The van der Waals surface area contributed by atoms with Crippen LogP contribution in [0.1, 0.15) is 23.2 Å². The van der Waals surface area contributed by atoms with E-state index in [1.165, 1.54) is 6.08 Å². The van der Waals surface area contributed by atoms with Crippen LogP contribution >= 0.6 is 0 Å². The highest BCUT2D eigenvalue weighted by Gasteiger charge is 2.00. The zero-order valence-electron chi connectivity index (χ0n) is 10.2. The molecule has 1 N–H and O–H groups in total. The van der Waals surface area contributed by atoms with Gasteiger partial charge in [-0.25, -0.2) is 0 Å². The number of ether oxygens (including phenoxy) is 1. The topological polar surface area (TPSA) is 55.4 Å². The van der Waals surface area contributed by atoms with Gasteiger partial charge in [0.05, 0.1) is 12.2 Å². The van der Waals surface area contributed by atoms with Crippen LogP contribution in [0.2, 0.25) is 0 Å². The lowest BCUT2D eigenvalue weighted by Crippen LogP contribution is -2.22. The first-order chi connectivity index (χ1) is 8.77. The second-order valence-corrected chi connectivity index (χ2v) is 3.71. The Morgan fingerprint density at radius 1 is 1.33 bits per heavy atom. The van der Waals surface area contributed by atoms with E-state index in [4.69, 9.17) is 4.74 Å². The van der Waals surface area contributed by atoms with E-state index < -0.39 is 0 Å². The van der Waals surface area contributed by atoms with E-state index in [2.05, 4.69) is 11.9 Å². The van der Waals surface area contributed by atoms with E-state index in [9.17, 15) is 9.59 Å². The molecule has 1 amide bonds. The third-order valence-corrected chi connectivity index (χ3v) is 2.36. The lowest BCUT2D eigenvalue weighted by atomic mass is 10.2. The highest BCUT2D eigenvalue weighted by molar-refractivity contribution is 5.86. The zero-order valence-corrected chi connectivity index (χ0v) is 10.2. The van der Waals surface area contributed by atoms with Gasteiger partial charge in [0.1, 0.15) is 5.75 Å². The number of carbonyl (C=O) groups is 2. The summed E-state index contributed by atoms with van der Waals surface area (Å²) in [6.45, 7) is 4.49. The summed E-state index contributed by atoms with van der Waals surface area (Å²) in [5.41, 5.74) is 0.553. The maximum atomic E-state index is 10.9. The average Bonchev–Trinajstić information content (AvgIpc) is 2.42. The molecule has 4 nitrogen and oxygen atoms in total. The molecule has 1 rings (SSSR count). The zero-order chi connectivity index (χ0) is 13.2. The monoisotopic (exact) mass is 247 g/mol. The Labute approximate surface area is 107 Å². The summed E-state index contributed by atoms with van der Waals surface area (Å²) in [5, 5.41) is 2.68. The fraction of sp³-hybridized carbons (Fsp3) is 0.286. The van der Waals surface area contributed by atoms with Gasteiger partial charge in [0.15, 0.2) is 6.29 Å². The molecular formula is C14H17NO3. The molecule has 1 aromatic rings. The minimum Gasteiger partial charge on any atom is -0.493 e. The van der Waals surface area contributed by atoms with Gasteiger partial charge in [-0.2, -0.15) is 0 Å². The van der Waals surface area contributed by atoms with Gasteiger partial charge in [0.2, 0.25) is 5.91 Å². The summed E-state index contributed by atoms with van der Waals surface area (Å²) in [4.78, 5) is 21.6. The molecule has 0 aliphatic rings. The van der Waals surface area contributed by atoms with Crippen LogP contribution in [-0.2, 0) is 4.79 Å². The Hall–Kier alpha value is -2.10. The third kappa shape index (κ3) is 4.82. The Kier molecular flexibility index (Phi) is 6.25. The molecule has 18 heavy (non-hydrogen) atoms. The normalized spacial score (nSPS) is 9.56. The van der Waals surface area contributed by atoms with Crippen molar-refractivity contribution in [1.29, 1.82) is 0 Å². The highest BCUT2D eigenvalue weighted by atomic mass is 16.5. The van der Waals surface area contributed by atoms with E-state index in [0.717, 1.165) is 19.1 Å². The van der Waals surface area contributed by atoms with Gasteiger partial charge in [-0.05, 0) is 31.1 Å². The molecular weight excluding hydrogens is 230 g/mol. The van der Waals surface area contributed by atoms with Crippen LogP contribution < -0.4 is 10.1 Å². The molecule has 0 aliphatic carbocycles. The summed E-state index contributed by atoms with van der Waals surface area (Å²) >= 11 is 0. The van der Waals surface area contributed by atoms with Gasteiger partial charge in [0, 0.05) is 6.54 Å². The molecule has 4 heteroatoms. The molecule has 0 unspecified atom stereocenters. The van der Waals surface area contributed by atoms with E-state index in [1.807, 2.05) is 6.07 Å². The number of rotatable bonds is 8. The van der Waals surface area contributed by atoms with Crippen LogP contribution in [0.5, 0.6) is 5.75 Å². The minimum absolute atomic E-state index is 0.165. The lowest BCUT2D eigenvalue weighted by Gasteiger charge is -2.08. The van der Waals surface area contributed by atoms with Gasteiger partial charge >= 0.3 is 0 Å². The van der Waals surface area contributed by atoms with Gasteiger partial charge in [0.25, 0.3) is 0 Å². The standard InChI is InChI=1S/C14H17NO3/c1-2-14(17)15-9-5-6-10-18-13-8-4-3-7-12(13)11-16/h2-4,7-8,11H,1,5-6,9-10H2,(H,15,17). The molecule has 0 bridgehead atoms. The first-order valence-corrected chi connectivity index (χ1v) is 5.85. The number of aldehydes is 1. The molecule has 0 radical (unpaired) electrons. The average molecular weight is 247 g/mol. The van der Waals surface area contributed by atoms with Crippen LogP contribution in [-0.4, -0.2) is 25.3 Å². The van der Waals surface area contributed by atoms with Crippen molar-refractivity contribution in [3.05, 3.63) is 42.5 Å². The second kappa shape index (κ2) is 8.06. The summed E-state index contributed by atoms with van der Waals surface area (Å²) in [7, 11) is 0. The predicted octanol–water partition coefficient (Wildman–Crippen LogP) is 1.96. The third-order valence-electron chi connectivity index (χ3n) is 2.36. The second-order valence-electron chi connectivity index (χ2n) is 3.71. The Balaban J connectivity index is 2.19. The SMILES string of the molecule is C=CC(=O)NCCCCOc1ccccc1C=O. The number of hydrogen-bond donors (Lipinski definition) is 1. The number of benzene rings is 1. The number of nitrogens with one attached hydrogen (secondary N) is 1. The molecule has 0 fully saturated rings. The van der Waals surface area contributed by atoms with E-state index in [-0.39, 0.29) is 5.91 Å². The van der Waals surface area contributed by atoms with Crippen molar-refractivity contribution in [2.45, 2.75) is 12.8 Å². The van der Waals surface area contributed by atoms with Gasteiger partial charge in [-0.1, -0.05) is 18.7 Å². The Bertz CT molecular complexity index is 415. The van der Waals surface area contributed by atoms with Crippen molar-refractivity contribution in [2.24, 2.45) is 0 Å². The van der Waals surface area contributed by atoms with Crippen molar-refractivity contribution in [3.8, 4) is 5.75 Å². The summed E-state index contributed by atoms with van der Waals surface area (Å²) in [6, 6.07) is 7.10. The molecule has 0 saturated heterocycles. The maximum Gasteiger partial charge on any atom is 0.243 e. The number of para-hydroxylation sites is 1. The van der Waals surface area contributed by atoms with Crippen molar-refractivity contribution in [2.75, 3.05) is 13.2 Å². The van der Waals surface area contributed by atoms with Crippen LogP contribution in [0.15, 0.2) is 36.9 Å². The van der Waals surface area contributed by atoms with Gasteiger partial charge in [-0.3, -0.25) is 9.59 Å². The van der Waals surface area contributed by atoms with Crippen molar-refractivity contribution < 1.29 is 14.3 Å². The van der Waals surface area contributed by atoms with E-state index in [0.29, 0.717) is 24.5 Å². The fourth-order valence-electron chi connectivity index (χ4n) is 1.40. The molecule has 0 heterocycles. The van der Waals surface area contributed by atoms with E-state index in [1.54, 1.807) is 18.2 Å². The Morgan fingerprint density at radius 2 is 2.11 bits per heavy atom. The highest BCUT2D eigenvalue weighted by Crippen LogP contribution is 2.15. The van der Waals surface area contributed by atoms with Crippen LogP contribution in [0.4, 0.5) is 0 Å². The minimum atomic E-state index is -0.165. The predicted molar refractivity (Wildman–Crippen MR) is 69.8 cm³/mol. The maximum absolute atomic E-state index is 10.9. The molecule has 0 aromatic heterocycles. The van der Waals surface area contributed by atoms with Crippen molar-refractivity contribution in [3.63, 3.8) is 0 Å². The molecule has 0 saturated carbocycles. The van der Waals surface area contributed by atoms with Gasteiger partial charge in [-0.15, -0.1) is 0 Å². The molecule has 96 valence electrons. The summed E-state index contributed by atoms with van der Waals surface area (Å²) in [5.74, 6) is 0.435. The quantitative estimate of drug-likeness (QED) is 0.434. The van der Waals surface area contributed by atoms with E-state index >= 15 is 0 Å². The number of carbonyl (C=O) groups excluding carboxylic acids is 2.